The van der Waals surface area contributed by atoms with E-state index in [2.05, 4.69) is 28.7 Å². The predicted octanol–water partition coefficient (Wildman–Crippen LogP) is 3.23. The van der Waals surface area contributed by atoms with Crippen molar-refractivity contribution in [1.82, 2.24) is 9.97 Å². The molecule has 0 atom stereocenters. The summed E-state index contributed by atoms with van der Waals surface area (Å²) < 4.78 is 0. The quantitative estimate of drug-likeness (QED) is 0.851. The second kappa shape index (κ2) is 4.93. The summed E-state index contributed by atoms with van der Waals surface area (Å²) >= 11 is 0. The normalized spacial score (nSPS) is 18.4. The molecular weight excluding hydrogens is 248 g/mol. The Hall–Kier alpha value is -1.84. The smallest absolute Gasteiger partial charge is 0.139 e. The zero-order valence-electron chi connectivity index (χ0n) is 12.3. The molecule has 4 heteroatoms. The molecule has 1 aromatic carbocycles. The molecule has 106 valence electrons. The number of nitrogens with zero attached hydrogens (tertiary/aromatic N) is 3. The first-order valence-corrected chi connectivity index (χ1v) is 7.36. The summed E-state index contributed by atoms with van der Waals surface area (Å²) in [5, 5.41) is 1.10. The zero-order chi connectivity index (χ0) is 14.2. The molecule has 1 aliphatic heterocycles. The Balaban J connectivity index is 1.92. The third-order valence-corrected chi connectivity index (χ3v) is 4.76. The minimum atomic E-state index is 0.490. The molecule has 2 N–H and O–H groups in total. The molecule has 2 aromatic rings. The van der Waals surface area contributed by atoms with Crippen LogP contribution in [-0.4, -0.2) is 23.1 Å². The van der Waals surface area contributed by atoms with E-state index in [1.165, 1.54) is 19.3 Å². The van der Waals surface area contributed by atoms with Gasteiger partial charge in [0, 0.05) is 24.2 Å². The second-order valence-electron chi connectivity index (χ2n) is 6.13. The summed E-state index contributed by atoms with van der Waals surface area (Å²) in [5.74, 6) is 1.05. The maximum absolute atomic E-state index is 5.83. The fourth-order valence-electron chi connectivity index (χ4n) is 2.92. The highest BCUT2D eigenvalue weighted by molar-refractivity contribution is 5.91. The van der Waals surface area contributed by atoms with Crippen molar-refractivity contribution in [2.24, 2.45) is 5.41 Å². The number of benzene rings is 1. The lowest BCUT2D eigenvalue weighted by atomic mass is 9.78. The van der Waals surface area contributed by atoms with Crippen molar-refractivity contribution in [3.05, 3.63) is 24.5 Å². The Kier molecular flexibility index (Phi) is 3.24. The van der Waals surface area contributed by atoms with E-state index >= 15 is 0 Å². The van der Waals surface area contributed by atoms with Crippen molar-refractivity contribution < 1.29 is 0 Å². The number of nitrogens with two attached hydrogens (primary N) is 1. The average Bonchev–Trinajstić information content (AvgIpc) is 2.47. The van der Waals surface area contributed by atoms with Gasteiger partial charge in [-0.25, -0.2) is 9.97 Å². The highest BCUT2D eigenvalue weighted by Crippen LogP contribution is 2.36. The number of rotatable bonds is 2. The van der Waals surface area contributed by atoms with E-state index in [0.29, 0.717) is 5.41 Å². The first-order valence-electron chi connectivity index (χ1n) is 7.36. The molecule has 0 radical (unpaired) electrons. The molecule has 0 amide bonds. The van der Waals surface area contributed by atoms with E-state index < -0.39 is 0 Å². The van der Waals surface area contributed by atoms with Gasteiger partial charge in [0.25, 0.3) is 0 Å². The van der Waals surface area contributed by atoms with Gasteiger partial charge in [0.15, 0.2) is 0 Å². The van der Waals surface area contributed by atoms with Gasteiger partial charge in [0.2, 0.25) is 0 Å². The van der Waals surface area contributed by atoms with E-state index in [0.717, 1.165) is 35.5 Å². The van der Waals surface area contributed by atoms with Crippen molar-refractivity contribution in [3.8, 4) is 0 Å². The van der Waals surface area contributed by atoms with Crippen LogP contribution in [0.1, 0.15) is 33.1 Å². The Bertz CT molecular complexity index is 615. The highest BCUT2D eigenvalue weighted by Gasteiger charge is 2.29. The van der Waals surface area contributed by atoms with Crippen molar-refractivity contribution in [2.75, 3.05) is 23.7 Å². The van der Waals surface area contributed by atoms with Crippen molar-refractivity contribution in [1.29, 1.82) is 0 Å². The molecule has 20 heavy (non-hydrogen) atoms. The van der Waals surface area contributed by atoms with Crippen LogP contribution in [0.25, 0.3) is 10.9 Å². The standard InChI is InChI=1S/C16H22N4/c1-3-16(2)6-8-20(9-7-16)15-13-5-4-12(17)10-14(13)18-11-19-15/h4-5,10-11H,3,6-9,17H2,1-2H3. The number of fused-ring (bicyclic) bond motifs is 1. The fraction of sp³-hybridized carbons (Fsp3) is 0.500. The van der Waals surface area contributed by atoms with Gasteiger partial charge in [-0.1, -0.05) is 20.3 Å². The van der Waals surface area contributed by atoms with E-state index in [9.17, 15) is 0 Å². The molecule has 0 unspecified atom stereocenters. The molecule has 0 aliphatic carbocycles. The lowest BCUT2D eigenvalue weighted by Crippen LogP contribution is -2.38. The van der Waals surface area contributed by atoms with E-state index in [1.54, 1.807) is 6.33 Å². The summed E-state index contributed by atoms with van der Waals surface area (Å²) in [7, 11) is 0. The van der Waals surface area contributed by atoms with Crippen molar-refractivity contribution in [2.45, 2.75) is 33.1 Å². The van der Waals surface area contributed by atoms with Crippen LogP contribution >= 0.6 is 0 Å². The summed E-state index contributed by atoms with van der Waals surface area (Å²) in [4.78, 5) is 11.2. The van der Waals surface area contributed by atoms with Gasteiger partial charge in [-0.3, -0.25) is 0 Å². The molecule has 4 nitrogen and oxygen atoms in total. The van der Waals surface area contributed by atoms with E-state index in [-0.39, 0.29) is 0 Å². The number of aromatic nitrogens is 2. The Morgan fingerprint density at radius 3 is 2.70 bits per heavy atom. The summed E-state index contributed by atoms with van der Waals surface area (Å²) in [5.41, 5.74) is 8.00. The summed E-state index contributed by atoms with van der Waals surface area (Å²) in [6, 6.07) is 5.88. The lowest BCUT2D eigenvalue weighted by Gasteiger charge is -2.39. The van der Waals surface area contributed by atoms with Gasteiger partial charge < -0.3 is 10.6 Å². The highest BCUT2D eigenvalue weighted by atomic mass is 15.2. The first kappa shape index (κ1) is 13.2. The zero-order valence-corrected chi connectivity index (χ0v) is 12.3. The van der Waals surface area contributed by atoms with Crippen LogP contribution in [0.5, 0.6) is 0 Å². The van der Waals surface area contributed by atoms with Crippen LogP contribution in [0.15, 0.2) is 24.5 Å². The van der Waals surface area contributed by atoms with Gasteiger partial charge in [0.1, 0.15) is 12.1 Å². The van der Waals surface area contributed by atoms with E-state index in [4.69, 9.17) is 5.73 Å². The van der Waals surface area contributed by atoms with Gasteiger partial charge >= 0.3 is 0 Å². The Morgan fingerprint density at radius 1 is 1.25 bits per heavy atom. The predicted molar refractivity (Wildman–Crippen MR) is 83.8 cm³/mol. The second-order valence-corrected chi connectivity index (χ2v) is 6.13. The molecule has 1 fully saturated rings. The number of piperidine rings is 1. The van der Waals surface area contributed by atoms with Gasteiger partial charge in [-0.15, -0.1) is 0 Å². The molecule has 1 saturated heterocycles. The minimum absolute atomic E-state index is 0.490. The van der Waals surface area contributed by atoms with Crippen LogP contribution in [0, 0.1) is 5.41 Å². The fourth-order valence-corrected chi connectivity index (χ4v) is 2.92. The monoisotopic (exact) mass is 270 g/mol. The van der Waals surface area contributed by atoms with Gasteiger partial charge in [-0.2, -0.15) is 0 Å². The van der Waals surface area contributed by atoms with Crippen LogP contribution in [0.3, 0.4) is 0 Å². The van der Waals surface area contributed by atoms with Crippen LogP contribution in [0.2, 0.25) is 0 Å². The molecule has 0 spiro atoms. The Morgan fingerprint density at radius 2 is 2.00 bits per heavy atom. The SMILES string of the molecule is CCC1(C)CCN(c2ncnc3cc(N)ccc23)CC1. The summed E-state index contributed by atoms with van der Waals surface area (Å²) in [6.07, 6.45) is 5.35. The molecule has 0 bridgehead atoms. The topological polar surface area (TPSA) is 55.0 Å². The number of anilines is 2. The van der Waals surface area contributed by atoms with E-state index in [1.807, 2.05) is 18.2 Å². The number of nitrogen functional groups attached to an aromatic ring is 1. The molecule has 2 heterocycles. The molecule has 1 aromatic heterocycles. The van der Waals surface area contributed by atoms with Gasteiger partial charge in [-0.05, 0) is 36.5 Å². The van der Waals surface area contributed by atoms with Crippen LogP contribution in [-0.2, 0) is 0 Å². The van der Waals surface area contributed by atoms with Crippen molar-refractivity contribution >= 4 is 22.4 Å². The first-order chi connectivity index (χ1) is 9.61. The maximum atomic E-state index is 5.83. The van der Waals surface area contributed by atoms with Crippen LogP contribution in [0.4, 0.5) is 11.5 Å². The van der Waals surface area contributed by atoms with Crippen LogP contribution < -0.4 is 10.6 Å². The number of hydrogen-bond donors (Lipinski definition) is 1. The minimum Gasteiger partial charge on any atom is -0.399 e. The molecule has 0 saturated carbocycles. The molecule has 1 aliphatic rings. The van der Waals surface area contributed by atoms with Gasteiger partial charge in [0.05, 0.1) is 5.52 Å². The molecule has 3 rings (SSSR count). The summed E-state index contributed by atoms with van der Waals surface area (Å²) in [6.45, 7) is 6.82. The third kappa shape index (κ3) is 2.30. The average molecular weight is 270 g/mol. The number of hydrogen-bond acceptors (Lipinski definition) is 4. The van der Waals surface area contributed by atoms with Crippen molar-refractivity contribution in [3.63, 3.8) is 0 Å². The molecular formula is C16H22N4. The Labute approximate surface area is 120 Å². The maximum Gasteiger partial charge on any atom is 0.139 e. The lowest BCUT2D eigenvalue weighted by molar-refractivity contribution is 0.238. The third-order valence-electron chi connectivity index (χ3n) is 4.76. The largest absolute Gasteiger partial charge is 0.399 e.